The molecule has 27 heavy (non-hydrogen) atoms. The smallest absolute Gasteiger partial charge is 0.150 e. The van der Waals surface area contributed by atoms with E-state index >= 15 is 0 Å². The standard InChI is InChI=1S/C25H28OS/c1-5-18-12-17(16-26)13-19(6-2)24(18)22-14-20(7-3)25(21(8-4)15-22)23-10-9-11-27-23/h9-16H,5-8H2,1-4H3. The Morgan fingerprint density at radius 3 is 1.70 bits per heavy atom. The molecule has 3 rings (SSSR count). The fraction of sp³-hybridized carbons (Fsp3) is 0.320. The van der Waals surface area contributed by atoms with E-state index in [4.69, 9.17) is 0 Å². The van der Waals surface area contributed by atoms with Gasteiger partial charge in [-0.3, -0.25) is 4.79 Å². The number of aryl methyl sites for hydroxylation is 4. The van der Waals surface area contributed by atoms with Crippen molar-refractivity contribution in [3.8, 4) is 21.6 Å². The molecule has 0 atom stereocenters. The topological polar surface area (TPSA) is 17.1 Å². The van der Waals surface area contributed by atoms with E-state index < -0.39 is 0 Å². The molecule has 0 spiro atoms. The van der Waals surface area contributed by atoms with Gasteiger partial charge in [0, 0.05) is 10.4 Å². The lowest BCUT2D eigenvalue weighted by Gasteiger charge is -2.19. The van der Waals surface area contributed by atoms with Crippen LogP contribution in [0.5, 0.6) is 0 Å². The Labute approximate surface area is 167 Å². The van der Waals surface area contributed by atoms with Gasteiger partial charge >= 0.3 is 0 Å². The molecule has 0 saturated heterocycles. The number of hydrogen-bond donors (Lipinski definition) is 0. The van der Waals surface area contributed by atoms with Crippen LogP contribution in [0.1, 0.15) is 60.3 Å². The Balaban J connectivity index is 2.29. The number of carbonyl (C=O) groups is 1. The van der Waals surface area contributed by atoms with Crippen LogP contribution < -0.4 is 0 Å². The number of carbonyl (C=O) groups excluding carboxylic acids is 1. The second-order valence-corrected chi connectivity index (χ2v) is 7.84. The summed E-state index contributed by atoms with van der Waals surface area (Å²) in [6.07, 6.45) is 4.86. The van der Waals surface area contributed by atoms with Crippen molar-refractivity contribution in [3.63, 3.8) is 0 Å². The van der Waals surface area contributed by atoms with E-state index in [1.807, 2.05) is 11.3 Å². The number of rotatable bonds is 7. The maximum atomic E-state index is 11.4. The first-order chi connectivity index (χ1) is 13.2. The highest BCUT2D eigenvalue weighted by atomic mass is 32.1. The number of aldehydes is 1. The Morgan fingerprint density at radius 2 is 1.30 bits per heavy atom. The van der Waals surface area contributed by atoms with Crippen LogP contribution in [0.2, 0.25) is 0 Å². The molecule has 1 heterocycles. The lowest BCUT2D eigenvalue weighted by atomic mass is 9.85. The summed E-state index contributed by atoms with van der Waals surface area (Å²) in [5.41, 5.74) is 10.2. The molecule has 0 fully saturated rings. The predicted octanol–water partition coefficient (Wildman–Crippen LogP) is 7.14. The van der Waals surface area contributed by atoms with E-state index in [9.17, 15) is 4.79 Å². The van der Waals surface area contributed by atoms with Crippen LogP contribution in [0.4, 0.5) is 0 Å². The van der Waals surface area contributed by atoms with E-state index in [1.54, 1.807) is 0 Å². The number of hydrogen-bond acceptors (Lipinski definition) is 2. The summed E-state index contributed by atoms with van der Waals surface area (Å²) in [7, 11) is 0. The van der Waals surface area contributed by atoms with Crippen LogP contribution in [0, 0.1) is 0 Å². The van der Waals surface area contributed by atoms with Gasteiger partial charge in [0.1, 0.15) is 6.29 Å². The van der Waals surface area contributed by atoms with Crippen molar-refractivity contribution in [2.75, 3.05) is 0 Å². The van der Waals surface area contributed by atoms with Crippen LogP contribution in [0.15, 0.2) is 41.8 Å². The summed E-state index contributed by atoms with van der Waals surface area (Å²) >= 11 is 1.82. The lowest BCUT2D eigenvalue weighted by molar-refractivity contribution is 0.112. The SMILES string of the molecule is CCc1cc(C=O)cc(CC)c1-c1cc(CC)c(-c2cccs2)c(CC)c1. The van der Waals surface area contributed by atoms with Crippen LogP contribution in [-0.2, 0) is 25.7 Å². The van der Waals surface area contributed by atoms with Crippen molar-refractivity contribution in [1.29, 1.82) is 0 Å². The first kappa shape index (κ1) is 19.6. The van der Waals surface area contributed by atoms with E-state index in [-0.39, 0.29) is 0 Å². The molecule has 0 saturated carbocycles. The van der Waals surface area contributed by atoms with Gasteiger partial charge in [0.2, 0.25) is 0 Å². The van der Waals surface area contributed by atoms with Crippen molar-refractivity contribution in [3.05, 3.63) is 69.6 Å². The van der Waals surface area contributed by atoms with Gasteiger partial charge in [-0.05, 0) is 88.2 Å². The minimum atomic E-state index is 0.786. The third-order valence-electron chi connectivity index (χ3n) is 5.34. The van der Waals surface area contributed by atoms with Crippen molar-refractivity contribution >= 4 is 17.6 Å². The van der Waals surface area contributed by atoms with Gasteiger partial charge in [-0.2, -0.15) is 0 Å². The lowest BCUT2D eigenvalue weighted by Crippen LogP contribution is -2.01. The van der Waals surface area contributed by atoms with Crippen molar-refractivity contribution in [2.24, 2.45) is 0 Å². The van der Waals surface area contributed by atoms with E-state index in [1.165, 1.54) is 43.8 Å². The largest absolute Gasteiger partial charge is 0.298 e. The summed E-state index contributed by atoms with van der Waals surface area (Å²) in [6.45, 7) is 8.84. The molecular formula is C25H28OS. The molecule has 0 unspecified atom stereocenters. The summed E-state index contributed by atoms with van der Waals surface area (Å²) < 4.78 is 0. The summed E-state index contributed by atoms with van der Waals surface area (Å²) in [5.74, 6) is 0. The van der Waals surface area contributed by atoms with Crippen LogP contribution in [-0.4, -0.2) is 6.29 Å². The highest BCUT2D eigenvalue weighted by Gasteiger charge is 2.16. The Morgan fingerprint density at radius 1 is 0.778 bits per heavy atom. The zero-order chi connectivity index (χ0) is 19.4. The first-order valence-electron chi connectivity index (χ1n) is 9.97. The van der Waals surface area contributed by atoms with E-state index in [2.05, 4.69) is 69.5 Å². The van der Waals surface area contributed by atoms with Gasteiger partial charge in [-0.25, -0.2) is 0 Å². The molecule has 0 aliphatic heterocycles. The fourth-order valence-electron chi connectivity index (χ4n) is 4.00. The predicted molar refractivity (Wildman–Crippen MR) is 118 cm³/mol. The third kappa shape index (κ3) is 3.77. The average Bonchev–Trinajstić information content (AvgIpc) is 3.25. The molecule has 0 bridgehead atoms. The van der Waals surface area contributed by atoms with Crippen molar-refractivity contribution in [2.45, 2.75) is 53.4 Å². The molecule has 0 amide bonds. The Hall–Kier alpha value is -2.19. The molecular weight excluding hydrogens is 348 g/mol. The normalized spacial score (nSPS) is 11.0. The Kier molecular flexibility index (Phi) is 6.28. The second kappa shape index (κ2) is 8.67. The monoisotopic (exact) mass is 376 g/mol. The zero-order valence-corrected chi connectivity index (χ0v) is 17.6. The highest BCUT2D eigenvalue weighted by molar-refractivity contribution is 7.13. The molecule has 1 nitrogen and oxygen atoms in total. The van der Waals surface area contributed by atoms with Crippen LogP contribution in [0.25, 0.3) is 21.6 Å². The summed E-state index contributed by atoms with van der Waals surface area (Å²) in [5, 5.41) is 2.16. The molecule has 3 aromatic rings. The molecule has 140 valence electrons. The molecule has 2 heteroatoms. The minimum Gasteiger partial charge on any atom is -0.298 e. The van der Waals surface area contributed by atoms with E-state index in [0.29, 0.717) is 0 Å². The van der Waals surface area contributed by atoms with Crippen LogP contribution in [0.3, 0.4) is 0 Å². The van der Waals surface area contributed by atoms with Crippen molar-refractivity contribution < 1.29 is 4.79 Å². The van der Waals surface area contributed by atoms with Gasteiger partial charge in [-0.1, -0.05) is 45.9 Å². The van der Waals surface area contributed by atoms with Crippen molar-refractivity contribution in [1.82, 2.24) is 0 Å². The molecule has 0 radical (unpaired) electrons. The third-order valence-corrected chi connectivity index (χ3v) is 6.23. The Bertz CT molecular complexity index is 885. The molecule has 0 N–H and O–H groups in total. The second-order valence-electron chi connectivity index (χ2n) is 6.89. The van der Waals surface area contributed by atoms with Gasteiger partial charge in [0.25, 0.3) is 0 Å². The average molecular weight is 377 g/mol. The molecule has 2 aromatic carbocycles. The van der Waals surface area contributed by atoms with E-state index in [0.717, 1.165) is 37.5 Å². The van der Waals surface area contributed by atoms with Crippen LogP contribution >= 0.6 is 11.3 Å². The maximum absolute atomic E-state index is 11.4. The fourth-order valence-corrected chi connectivity index (χ4v) is 4.84. The highest BCUT2D eigenvalue weighted by Crippen LogP contribution is 2.38. The first-order valence-corrected chi connectivity index (χ1v) is 10.9. The quantitative estimate of drug-likeness (QED) is 0.400. The van der Waals surface area contributed by atoms with Gasteiger partial charge in [-0.15, -0.1) is 11.3 Å². The van der Waals surface area contributed by atoms with Gasteiger partial charge in [0.15, 0.2) is 0 Å². The number of benzene rings is 2. The minimum absolute atomic E-state index is 0.786. The molecule has 1 aromatic heterocycles. The summed E-state index contributed by atoms with van der Waals surface area (Å²) in [4.78, 5) is 12.7. The maximum Gasteiger partial charge on any atom is 0.150 e. The molecule has 0 aliphatic rings. The summed E-state index contributed by atoms with van der Waals surface area (Å²) in [6, 6.07) is 13.2. The molecule has 0 aliphatic carbocycles. The zero-order valence-electron chi connectivity index (χ0n) is 16.8. The number of thiophene rings is 1. The van der Waals surface area contributed by atoms with Gasteiger partial charge < -0.3 is 0 Å². The van der Waals surface area contributed by atoms with Gasteiger partial charge in [0.05, 0.1) is 0 Å².